The summed E-state index contributed by atoms with van der Waals surface area (Å²) in [5.74, 6) is 0. The molecule has 1 aliphatic heterocycles. The van der Waals surface area contributed by atoms with Crippen molar-refractivity contribution in [2.75, 3.05) is 19.8 Å². The fourth-order valence-electron chi connectivity index (χ4n) is 4.06. The van der Waals surface area contributed by atoms with Crippen LogP contribution in [0.4, 0.5) is 0 Å². The van der Waals surface area contributed by atoms with Crippen LogP contribution in [-0.4, -0.2) is 59.6 Å². The van der Waals surface area contributed by atoms with Crippen molar-refractivity contribution in [3.05, 3.63) is 12.2 Å². The Morgan fingerprint density at radius 3 is 1.84 bits per heavy atom. The SMILES string of the molecule is CCCC/C=C/CCCCCCCCCCCCCCOC[C@@H](O)[C@H]1OC[C@H](O)[C@H]1O. The lowest BCUT2D eigenvalue weighted by Gasteiger charge is -2.20. The zero-order valence-corrected chi connectivity index (χ0v) is 20.1. The third-order valence-corrected chi connectivity index (χ3v) is 6.16. The first-order valence-electron chi connectivity index (χ1n) is 13.0. The van der Waals surface area contributed by atoms with Gasteiger partial charge in [0, 0.05) is 6.61 Å². The van der Waals surface area contributed by atoms with Crippen LogP contribution in [0.1, 0.15) is 110 Å². The Kier molecular flexibility index (Phi) is 18.6. The average Bonchev–Trinajstić information content (AvgIpc) is 3.10. The monoisotopic (exact) mass is 442 g/mol. The molecule has 4 atom stereocenters. The van der Waals surface area contributed by atoms with Crippen molar-refractivity contribution in [1.29, 1.82) is 0 Å². The molecule has 0 aromatic carbocycles. The minimum Gasteiger partial charge on any atom is -0.388 e. The van der Waals surface area contributed by atoms with Gasteiger partial charge in [-0.1, -0.05) is 96.1 Å². The fourth-order valence-corrected chi connectivity index (χ4v) is 4.06. The zero-order valence-electron chi connectivity index (χ0n) is 20.1. The van der Waals surface area contributed by atoms with Gasteiger partial charge in [-0.15, -0.1) is 0 Å². The van der Waals surface area contributed by atoms with Gasteiger partial charge in [-0.25, -0.2) is 0 Å². The highest BCUT2D eigenvalue weighted by Crippen LogP contribution is 2.18. The second-order valence-electron chi connectivity index (χ2n) is 9.14. The largest absolute Gasteiger partial charge is 0.388 e. The Bertz CT molecular complexity index is 415. The van der Waals surface area contributed by atoms with Crippen LogP contribution in [-0.2, 0) is 9.47 Å². The third kappa shape index (κ3) is 15.1. The van der Waals surface area contributed by atoms with Crippen molar-refractivity contribution in [1.82, 2.24) is 0 Å². The minimum absolute atomic E-state index is 0.0694. The second-order valence-corrected chi connectivity index (χ2v) is 9.14. The lowest BCUT2D eigenvalue weighted by molar-refractivity contribution is -0.0813. The maximum absolute atomic E-state index is 9.96. The van der Waals surface area contributed by atoms with Gasteiger partial charge < -0.3 is 24.8 Å². The first-order valence-corrected chi connectivity index (χ1v) is 13.0. The maximum atomic E-state index is 9.96. The molecule has 184 valence electrons. The number of unbranched alkanes of at least 4 members (excludes halogenated alkanes) is 14. The molecule has 31 heavy (non-hydrogen) atoms. The molecule has 0 saturated carbocycles. The smallest absolute Gasteiger partial charge is 0.114 e. The lowest BCUT2D eigenvalue weighted by Crippen LogP contribution is -2.40. The predicted octanol–water partition coefficient (Wildman–Crippen LogP) is 5.30. The Morgan fingerprint density at radius 2 is 1.32 bits per heavy atom. The summed E-state index contributed by atoms with van der Waals surface area (Å²) in [7, 11) is 0. The summed E-state index contributed by atoms with van der Waals surface area (Å²) in [5.41, 5.74) is 0. The van der Waals surface area contributed by atoms with Crippen molar-refractivity contribution < 1.29 is 24.8 Å². The van der Waals surface area contributed by atoms with Crippen molar-refractivity contribution in [2.45, 2.75) is 134 Å². The summed E-state index contributed by atoms with van der Waals surface area (Å²) in [6, 6.07) is 0. The van der Waals surface area contributed by atoms with Gasteiger partial charge >= 0.3 is 0 Å². The molecule has 5 heteroatoms. The van der Waals surface area contributed by atoms with E-state index in [0.717, 1.165) is 12.8 Å². The molecule has 0 radical (unpaired) electrons. The number of hydrogen-bond donors (Lipinski definition) is 3. The number of ether oxygens (including phenoxy) is 2. The summed E-state index contributed by atoms with van der Waals surface area (Å²) >= 11 is 0. The molecular formula is C26H50O5. The van der Waals surface area contributed by atoms with Crippen molar-refractivity contribution >= 4 is 0 Å². The highest BCUT2D eigenvalue weighted by atomic mass is 16.5. The number of aliphatic hydroxyl groups is 3. The van der Waals surface area contributed by atoms with Gasteiger partial charge in [-0.2, -0.15) is 0 Å². The van der Waals surface area contributed by atoms with E-state index in [2.05, 4.69) is 19.1 Å². The zero-order chi connectivity index (χ0) is 22.6. The number of aliphatic hydroxyl groups excluding tert-OH is 3. The molecule has 0 spiro atoms. The van der Waals surface area contributed by atoms with Crippen LogP contribution in [0.5, 0.6) is 0 Å². The Morgan fingerprint density at radius 1 is 0.806 bits per heavy atom. The molecule has 0 unspecified atom stereocenters. The molecular weight excluding hydrogens is 392 g/mol. The van der Waals surface area contributed by atoms with E-state index >= 15 is 0 Å². The number of rotatable bonds is 21. The van der Waals surface area contributed by atoms with E-state index < -0.39 is 24.4 Å². The molecule has 0 amide bonds. The van der Waals surface area contributed by atoms with Crippen LogP contribution in [0, 0.1) is 0 Å². The summed E-state index contributed by atoms with van der Waals surface area (Å²) in [4.78, 5) is 0. The molecule has 1 heterocycles. The van der Waals surface area contributed by atoms with Crippen molar-refractivity contribution in [2.24, 2.45) is 0 Å². The fraction of sp³-hybridized carbons (Fsp3) is 0.923. The maximum Gasteiger partial charge on any atom is 0.114 e. The molecule has 0 aromatic heterocycles. The van der Waals surface area contributed by atoms with Crippen LogP contribution >= 0.6 is 0 Å². The average molecular weight is 443 g/mol. The van der Waals surface area contributed by atoms with Crippen LogP contribution in [0.15, 0.2) is 12.2 Å². The normalized spacial score (nSPS) is 22.5. The van der Waals surface area contributed by atoms with Crippen LogP contribution in [0.3, 0.4) is 0 Å². The molecule has 0 aliphatic carbocycles. The Labute approximate surface area is 191 Å². The van der Waals surface area contributed by atoms with Gasteiger partial charge in [0.15, 0.2) is 0 Å². The minimum atomic E-state index is -1.03. The van der Waals surface area contributed by atoms with E-state index in [1.54, 1.807) is 0 Å². The molecule has 1 rings (SSSR count). The summed E-state index contributed by atoms with van der Waals surface area (Å²) in [6.07, 6.45) is 22.0. The topological polar surface area (TPSA) is 79.2 Å². The second kappa shape index (κ2) is 20.2. The highest BCUT2D eigenvalue weighted by molar-refractivity contribution is 4.87. The van der Waals surface area contributed by atoms with Gasteiger partial charge in [-0.05, 0) is 25.7 Å². The Balaban J connectivity index is 1.74. The van der Waals surface area contributed by atoms with Crippen LogP contribution < -0.4 is 0 Å². The Hall–Kier alpha value is -0.460. The number of hydrogen-bond acceptors (Lipinski definition) is 5. The van der Waals surface area contributed by atoms with Gasteiger partial charge in [0.05, 0.1) is 13.2 Å². The van der Waals surface area contributed by atoms with Gasteiger partial charge in [0.25, 0.3) is 0 Å². The number of allylic oxidation sites excluding steroid dienone is 2. The van der Waals surface area contributed by atoms with Crippen LogP contribution in [0.25, 0.3) is 0 Å². The van der Waals surface area contributed by atoms with E-state index in [4.69, 9.17) is 9.47 Å². The first kappa shape index (κ1) is 28.6. The molecule has 0 aromatic rings. The van der Waals surface area contributed by atoms with E-state index in [9.17, 15) is 15.3 Å². The molecule has 1 fully saturated rings. The van der Waals surface area contributed by atoms with Crippen molar-refractivity contribution in [3.8, 4) is 0 Å². The molecule has 3 N–H and O–H groups in total. The van der Waals surface area contributed by atoms with Gasteiger partial charge in [-0.3, -0.25) is 0 Å². The molecule has 0 bridgehead atoms. The standard InChI is InChI=1S/C26H50O5/c1-2-3-4-5-6-7-8-9-10-11-12-13-14-15-16-17-18-19-20-30-21-24(28)26-25(29)23(27)22-31-26/h5-6,23-29H,2-4,7-22H2,1H3/b6-5+/t23-,24+,25+,26+/m0/s1. The van der Waals surface area contributed by atoms with Gasteiger partial charge in [0.2, 0.25) is 0 Å². The van der Waals surface area contributed by atoms with E-state index in [-0.39, 0.29) is 13.2 Å². The summed E-state index contributed by atoms with van der Waals surface area (Å²) in [5, 5.41) is 29.1. The predicted molar refractivity (Wildman–Crippen MR) is 127 cm³/mol. The molecule has 1 saturated heterocycles. The molecule has 5 nitrogen and oxygen atoms in total. The summed E-state index contributed by atoms with van der Waals surface area (Å²) in [6.45, 7) is 3.08. The van der Waals surface area contributed by atoms with E-state index in [1.165, 1.54) is 89.9 Å². The first-order chi connectivity index (χ1) is 15.2. The van der Waals surface area contributed by atoms with E-state index in [0.29, 0.717) is 6.61 Å². The summed E-state index contributed by atoms with van der Waals surface area (Å²) < 4.78 is 10.7. The van der Waals surface area contributed by atoms with Crippen molar-refractivity contribution in [3.63, 3.8) is 0 Å². The quantitative estimate of drug-likeness (QED) is 0.166. The lowest BCUT2D eigenvalue weighted by atomic mass is 10.0. The third-order valence-electron chi connectivity index (χ3n) is 6.16. The van der Waals surface area contributed by atoms with Gasteiger partial charge in [0.1, 0.15) is 24.4 Å². The van der Waals surface area contributed by atoms with E-state index in [1.807, 2.05) is 0 Å². The molecule has 1 aliphatic rings. The highest BCUT2D eigenvalue weighted by Gasteiger charge is 2.39. The van der Waals surface area contributed by atoms with Crippen LogP contribution in [0.2, 0.25) is 0 Å².